The molecule has 0 amide bonds. The van der Waals surface area contributed by atoms with Crippen molar-refractivity contribution in [2.24, 2.45) is 0 Å². The number of nitrogens with two attached hydrogens (primary N) is 1. The van der Waals surface area contributed by atoms with Crippen LogP contribution in [0.4, 0.5) is 5.13 Å². The molecular weight excluding hydrogens is 295 g/mol. The van der Waals surface area contributed by atoms with Crippen LogP contribution in [0, 0.1) is 0 Å². The second kappa shape index (κ2) is 4.78. The van der Waals surface area contributed by atoms with Crippen LogP contribution in [0.25, 0.3) is 10.2 Å². The third kappa shape index (κ3) is 3.21. The molecule has 2 aromatic rings. The molecule has 5 N–H and O–H groups in total. The zero-order valence-electron chi connectivity index (χ0n) is 9.31. The van der Waals surface area contributed by atoms with Gasteiger partial charge in [0.15, 0.2) is 11.5 Å². The second-order valence-corrected chi connectivity index (χ2v) is 6.27. The first kappa shape index (κ1) is 13.8. The topological polar surface area (TPSA) is 143 Å². The van der Waals surface area contributed by atoms with Gasteiger partial charge in [-0.1, -0.05) is 11.3 Å². The molecule has 1 aromatic carbocycles. The number of hydrogen-bond acceptors (Lipinski definition) is 6. The monoisotopic (exact) mass is 304 g/mol. The standard InChI is InChI=1S/C9H9N2O6PS/c10-9-11-7-5(17-3-18(14,15)16)1-4(8(12)13)2-6(7)19-9/h1-2H,3H2,(H2,10,11)(H,12,13)(H2,14,15,16). The van der Waals surface area contributed by atoms with Crippen molar-refractivity contribution in [3.63, 3.8) is 0 Å². The SMILES string of the molecule is Nc1nc2c(OCP(=O)(O)O)cc(C(=O)O)cc2s1. The third-order valence-electron chi connectivity index (χ3n) is 2.11. The summed E-state index contributed by atoms with van der Waals surface area (Å²) in [5, 5.41) is 9.15. The van der Waals surface area contributed by atoms with E-state index >= 15 is 0 Å². The Labute approximate surface area is 110 Å². The van der Waals surface area contributed by atoms with Crippen molar-refractivity contribution in [1.29, 1.82) is 0 Å². The van der Waals surface area contributed by atoms with E-state index in [2.05, 4.69) is 4.98 Å². The summed E-state index contributed by atoms with van der Waals surface area (Å²) >= 11 is 1.06. The summed E-state index contributed by atoms with van der Waals surface area (Å²) < 4.78 is 16.2. The highest BCUT2D eigenvalue weighted by molar-refractivity contribution is 7.51. The summed E-state index contributed by atoms with van der Waals surface area (Å²) in [5.74, 6) is -1.21. The molecule has 102 valence electrons. The number of carbonyl (C=O) groups is 1. The molecule has 0 saturated carbocycles. The normalized spacial score (nSPS) is 11.7. The van der Waals surface area contributed by atoms with Crippen molar-refractivity contribution in [2.45, 2.75) is 0 Å². The molecule has 8 nitrogen and oxygen atoms in total. The number of aromatic carboxylic acids is 1. The van der Waals surface area contributed by atoms with Gasteiger partial charge in [-0.25, -0.2) is 9.78 Å². The molecule has 10 heteroatoms. The van der Waals surface area contributed by atoms with Gasteiger partial charge in [-0.2, -0.15) is 0 Å². The van der Waals surface area contributed by atoms with E-state index < -0.39 is 19.9 Å². The second-order valence-electron chi connectivity index (χ2n) is 3.62. The Hall–Kier alpha value is -1.67. The lowest BCUT2D eigenvalue weighted by atomic mass is 10.2. The van der Waals surface area contributed by atoms with Crippen LogP contribution in [-0.4, -0.2) is 32.2 Å². The molecule has 0 radical (unpaired) electrons. The number of benzene rings is 1. The molecule has 0 aliphatic heterocycles. The van der Waals surface area contributed by atoms with Gasteiger partial charge in [0, 0.05) is 0 Å². The van der Waals surface area contributed by atoms with Gasteiger partial charge >= 0.3 is 13.6 Å². The highest BCUT2D eigenvalue weighted by atomic mass is 32.1. The van der Waals surface area contributed by atoms with Gasteiger partial charge in [0.2, 0.25) is 0 Å². The Bertz CT molecular complexity index is 693. The molecule has 0 unspecified atom stereocenters. The third-order valence-corrected chi connectivity index (χ3v) is 3.41. The van der Waals surface area contributed by atoms with Crippen LogP contribution in [0.1, 0.15) is 10.4 Å². The van der Waals surface area contributed by atoms with Crippen LogP contribution in [-0.2, 0) is 4.57 Å². The number of nitrogen functional groups attached to an aromatic ring is 1. The minimum absolute atomic E-state index is 0.0221. The summed E-state index contributed by atoms with van der Waals surface area (Å²) in [5.41, 5.74) is 5.72. The fourth-order valence-corrected chi connectivity index (χ4v) is 2.50. The van der Waals surface area contributed by atoms with Gasteiger partial charge in [0.05, 0.1) is 10.3 Å². The maximum Gasteiger partial charge on any atom is 0.362 e. The Morgan fingerprint density at radius 2 is 2.16 bits per heavy atom. The first-order valence-corrected chi connectivity index (χ1v) is 7.48. The number of anilines is 1. The molecule has 1 aromatic heterocycles. The lowest BCUT2D eigenvalue weighted by Gasteiger charge is -2.08. The number of hydrogen-bond donors (Lipinski definition) is 4. The van der Waals surface area contributed by atoms with Crippen LogP contribution < -0.4 is 10.5 Å². The average molecular weight is 304 g/mol. The minimum Gasteiger partial charge on any atom is -0.479 e. The van der Waals surface area contributed by atoms with E-state index in [0.29, 0.717) is 4.70 Å². The molecule has 0 saturated heterocycles. The largest absolute Gasteiger partial charge is 0.479 e. The fraction of sp³-hybridized carbons (Fsp3) is 0.111. The van der Waals surface area contributed by atoms with Gasteiger partial charge in [-0.05, 0) is 12.1 Å². The Balaban J connectivity index is 2.50. The maximum atomic E-state index is 10.9. The number of nitrogens with zero attached hydrogens (tertiary/aromatic N) is 1. The van der Waals surface area contributed by atoms with Crippen LogP contribution in [0.2, 0.25) is 0 Å². The van der Waals surface area contributed by atoms with Crippen molar-refractivity contribution >= 4 is 40.3 Å². The van der Waals surface area contributed by atoms with Crippen molar-refractivity contribution < 1.29 is 29.0 Å². The Kier molecular flexibility index (Phi) is 3.46. The molecule has 0 atom stereocenters. The summed E-state index contributed by atoms with van der Waals surface area (Å²) in [6, 6.07) is 2.52. The highest BCUT2D eigenvalue weighted by Crippen LogP contribution is 2.38. The molecule has 2 rings (SSSR count). The van der Waals surface area contributed by atoms with Gasteiger partial charge in [0.25, 0.3) is 0 Å². The molecule has 0 aliphatic carbocycles. The predicted octanol–water partition coefficient (Wildman–Crippen LogP) is 1.09. The van der Waals surface area contributed by atoms with Gasteiger partial charge in [-0.15, -0.1) is 0 Å². The van der Waals surface area contributed by atoms with Gasteiger partial charge in [0.1, 0.15) is 11.3 Å². The van der Waals surface area contributed by atoms with E-state index in [9.17, 15) is 9.36 Å². The molecule has 19 heavy (non-hydrogen) atoms. The minimum atomic E-state index is -4.37. The molecule has 0 spiro atoms. The number of rotatable bonds is 4. The number of fused-ring (bicyclic) bond motifs is 1. The van der Waals surface area contributed by atoms with Crippen molar-refractivity contribution in [3.8, 4) is 5.75 Å². The van der Waals surface area contributed by atoms with Crippen LogP contribution in [0.15, 0.2) is 12.1 Å². The number of carboxylic acid groups (broad SMARTS) is 1. The number of carboxylic acids is 1. The Morgan fingerprint density at radius 3 is 2.74 bits per heavy atom. The highest BCUT2D eigenvalue weighted by Gasteiger charge is 2.18. The number of thiazole rings is 1. The lowest BCUT2D eigenvalue weighted by Crippen LogP contribution is -2.01. The summed E-state index contributed by atoms with van der Waals surface area (Å²) in [4.78, 5) is 32.4. The van der Waals surface area contributed by atoms with Crippen LogP contribution in [0.3, 0.4) is 0 Å². The molecule has 1 heterocycles. The van der Waals surface area contributed by atoms with E-state index in [1.165, 1.54) is 6.07 Å². The Morgan fingerprint density at radius 1 is 1.47 bits per heavy atom. The number of aromatic nitrogens is 1. The summed E-state index contributed by atoms with van der Waals surface area (Å²) in [6.07, 6.45) is -0.859. The van der Waals surface area contributed by atoms with Crippen molar-refractivity contribution in [1.82, 2.24) is 4.98 Å². The summed E-state index contributed by atoms with van der Waals surface area (Å²) in [7, 11) is -4.37. The van der Waals surface area contributed by atoms with E-state index in [-0.39, 0.29) is 22.0 Å². The molecular formula is C9H9N2O6PS. The lowest BCUT2D eigenvalue weighted by molar-refractivity contribution is 0.0696. The first-order valence-electron chi connectivity index (χ1n) is 4.87. The first-order chi connectivity index (χ1) is 8.76. The van der Waals surface area contributed by atoms with Gasteiger partial charge in [-0.3, -0.25) is 4.57 Å². The smallest absolute Gasteiger partial charge is 0.362 e. The zero-order chi connectivity index (χ0) is 14.2. The fourth-order valence-electron chi connectivity index (χ4n) is 1.40. The van der Waals surface area contributed by atoms with E-state index in [0.717, 1.165) is 17.4 Å². The van der Waals surface area contributed by atoms with Crippen molar-refractivity contribution in [3.05, 3.63) is 17.7 Å². The average Bonchev–Trinajstić information content (AvgIpc) is 2.64. The van der Waals surface area contributed by atoms with Crippen molar-refractivity contribution in [2.75, 3.05) is 12.1 Å². The van der Waals surface area contributed by atoms with E-state index in [1.54, 1.807) is 0 Å². The van der Waals surface area contributed by atoms with E-state index in [4.69, 9.17) is 25.4 Å². The molecule has 0 fully saturated rings. The summed E-state index contributed by atoms with van der Waals surface area (Å²) in [6.45, 7) is 0. The zero-order valence-corrected chi connectivity index (χ0v) is 11.0. The molecule has 0 aliphatic rings. The maximum absolute atomic E-state index is 10.9. The molecule has 0 bridgehead atoms. The quantitative estimate of drug-likeness (QED) is 0.615. The van der Waals surface area contributed by atoms with Gasteiger partial charge < -0.3 is 25.4 Å². The van der Waals surface area contributed by atoms with E-state index in [1.807, 2.05) is 0 Å². The number of ether oxygens (including phenoxy) is 1. The predicted molar refractivity (Wildman–Crippen MR) is 68.5 cm³/mol. The van der Waals surface area contributed by atoms with Crippen LogP contribution >= 0.6 is 18.9 Å². The van der Waals surface area contributed by atoms with Crippen LogP contribution in [0.5, 0.6) is 5.75 Å².